The smallest absolute Gasteiger partial charge is 0.263 e. The van der Waals surface area contributed by atoms with Gasteiger partial charge in [0, 0.05) is 69.9 Å². The first-order valence-electron chi connectivity index (χ1n) is 10.2. The number of halogens is 1. The molecule has 1 N–H and O–H groups in total. The fourth-order valence-electron chi connectivity index (χ4n) is 3.39. The van der Waals surface area contributed by atoms with Crippen molar-refractivity contribution < 1.29 is 17.9 Å². The maximum absolute atomic E-state index is 13.2. The fourth-order valence-corrected chi connectivity index (χ4v) is 5.06. The topological polar surface area (TPSA) is 96.8 Å². The van der Waals surface area contributed by atoms with Crippen LogP contribution in [-0.2, 0) is 21.8 Å². The Morgan fingerprint density at radius 1 is 1.19 bits per heavy atom. The molecule has 31 heavy (non-hydrogen) atoms. The number of nitrogens with one attached hydrogen (secondary N) is 1. The van der Waals surface area contributed by atoms with Gasteiger partial charge in [-0.05, 0) is 37.6 Å². The van der Waals surface area contributed by atoms with Gasteiger partial charge in [0.05, 0.1) is 5.56 Å². The van der Waals surface area contributed by atoms with Gasteiger partial charge in [-0.3, -0.25) is 9.48 Å². The molecule has 1 aliphatic rings. The van der Waals surface area contributed by atoms with Gasteiger partial charge in [0.25, 0.3) is 15.9 Å². The van der Waals surface area contributed by atoms with Crippen LogP contribution < -0.4 is 10.2 Å². The average molecular weight is 470 g/mol. The molecular weight excluding hydrogens is 442 g/mol. The molecule has 2 heterocycles. The summed E-state index contributed by atoms with van der Waals surface area (Å²) in [6, 6.07) is 7.46. The Bertz CT molecular complexity index is 985. The van der Waals surface area contributed by atoms with E-state index in [1.807, 2.05) is 31.2 Å². The number of sulfonamides is 1. The molecule has 1 saturated heterocycles. The van der Waals surface area contributed by atoms with Crippen molar-refractivity contribution in [1.29, 1.82) is 0 Å². The van der Waals surface area contributed by atoms with E-state index in [1.165, 1.54) is 15.2 Å². The molecule has 0 bridgehead atoms. The van der Waals surface area contributed by atoms with Crippen LogP contribution in [0.3, 0.4) is 0 Å². The number of hydrogen-bond acceptors (Lipinski definition) is 6. The largest absolute Gasteiger partial charge is 0.382 e. The second-order valence-corrected chi connectivity index (χ2v) is 9.49. The number of carbonyl (C=O) groups excluding carboxylic acids is 1. The van der Waals surface area contributed by atoms with Crippen LogP contribution in [0.2, 0.25) is 5.02 Å². The van der Waals surface area contributed by atoms with Gasteiger partial charge in [-0.1, -0.05) is 11.6 Å². The molecule has 0 saturated carbocycles. The van der Waals surface area contributed by atoms with Crippen LogP contribution in [0.5, 0.6) is 0 Å². The van der Waals surface area contributed by atoms with Gasteiger partial charge >= 0.3 is 0 Å². The lowest BCUT2D eigenvalue weighted by Crippen LogP contribution is -2.49. The summed E-state index contributed by atoms with van der Waals surface area (Å²) in [5.74, 6) is -0.456. The van der Waals surface area contributed by atoms with Crippen molar-refractivity contribution >= 4 is 33.2 Å². The normalized spacial score (nSPS) is 15.3. The lowest BCUT2D eigenvalue weighted by Gasteiger charge is -2.35. The zero-order valence-electron chi connectivity index (χ0n) is 17.8. The molecular formula is C20H28ClN5O4S. The third-order valence-corrected chi connectivity index (χ3v) is 7.10. The highest BCUT2D eigenvalue weighted by atomic mass is 35.5. The van der Waals surface area contributed by atoms with Crippen molar-refractivity contribution in [3.05, 3.63) is 41.0 Å². The van der Waals surface area contributed by atoms with Crippen LogP contribution in [0.15, 0.2) is 35.5 Å². The molecule has 0 unspecified atom stereocenters. The first-order chi connectivity index (χ1) is 14.8. The molecule has 1 fully saturated rings. The molecule has 170 valence electrons. The van der Waals surface area contributed by atoms with Crippen molar-refractivity contribution in [2.24, 2.45) is 7.05 Å². The summed E-state index contributed by atoms with van der Waals surface area (Å²) >= 11 is 5.94. The highest BCUT2D eigenvalue weighted by Gasteiger charge is 2.34. The predicted octanol–water partition coefficient (Wildman–Crippen LogP) is 1.74. The van der Waals surface area contributed by atoms with Crippen molar-refractivity contribution in [3.8, 4) is 0 Å². The SMILES string of the molecule is CCOCCCNC(=O)c1cn(C)nc1S(=O)(=O)N1CCN(c2ccc(Cl)cc2)CC1. The van der Waals surface area contributed by atoms with E-state index in [0.717, 1.165) is 5.69 Å². The summed E-state index contributed by atoms with van der Waals surface area (Å²) in [7, 11) is -2.30. The second-order valence-electron chi connectivity index (χ2n) is 7.20. The maximum atomic E-state index is 13.2. The number of amides is 1. The fraction of sp³-hybridized carbons (Fsp3) is 0.500. The quantitative estimate of drug-likeness (QED) is 0.562. The van der Waals surface area contributed by atoms with E-state index in [-0.39, 0.29) is 10.6 Å². The monoisotopic (exact) mass is 469 g/mol. The third-order valence-electron chi connectivity index (χ3n) is 5.01. The average Bonchev–Trinajstić information content (AvgIpc) is 3.17. The Morgan fingerprint density at radius 3 is 2.52 bits per heavy atom. The molecule has 1 amide bonds. The summed E-state index contributed by atoms with van der Waals surface area (Å²) in [6.07, 6.45) is 2.09. The number of benzene rings is 1. The lowest BCUT2D eigenvalue weighted by molar-refractivity contribution is 0.0940. The Morgan fingerprint density at radius 2 is 1.87 bits per heavy atom. The van der Waals surface area contributed by atoms with Crippen LogP contribution >= 0.6 is 11.6 Å². The number of carbonyl (C=O) groups is 1. The highest BCUT2D eigenvalue weighted by molar-refractivity contribution is 7.89. The summed E-state index contributed by atoms with van der Waals surface area (Å²) in [4.78, 5) is 14.7. The molecule has 3 rings (SSSR count). The van der Waals surface area contributed by atoms with Gasteiger partial charge in [0.1, 0.15) is 0 Å². The van der Waals surface area contributed by atoms with Crippen molar-refractivity contribution in [2.75, 3.05) is 50.8 Å². The molecule has 1 aromatic heterocycles. The Kier molecular flexibility index (Phi) is 7.93. The number of hydrogen-bond donors (Lipinski definition) is 1. The number of nitrogens with zero attached hydrogens (tertiary/aromatic N) is 4. The van der Waals surface area contributed by atoms with Gasteiger partial charge in [0.2, 0.25) is 5.03 Å². The Balaban J connectivity index is 1.67. The summed E-state index contributed by atoms with van der Waals surface area (Å²) in [5, 5.41) is 7.29. The molecule has 0 aliphatic carbocycles. The van der Waals surface area contributed by atoms with Gasteiger partial charge < -0.3 is 15.0 Å². The van der Waals surface area contributed by atoms with E-state index in [9.17, 15) is 13.2 Å². The van der Waals surface area contributed by atoms with E-state index in [2.05, 4.69) is 15.3 Å². The minimum Gasteiger partial charge on any atom is -0.382 e. The molecule has 0 atom stereocenters. The number of anilines is 1. The van der Waals surface area contributed by atoms with Gasteiger partial charge in [-0.2, -0.15) is 9.40 Å². The molecule has 0 spiro atoms. The molecule has 9 nitrogen and oxygen atoms in total. The standard InChI is InChI=1S/C20H28ClN5O4S/c1-3-30-14-4-9-22-19(27)18-15-24(2)23-20(18)31(28,29)26-12-10-25(11-13-26)17-7-5-16(21)6-8-17/h5-8,15H,3-4,9-14H2,1-2H3,(H,22,27). The van der Waals surface area contributed by atoms with Crippen LogP contribution in [0.4, 0.5) is 5.69 Å². The highest BCUT2D eigenvalue weighted by Crippen LogP contribution is 2.23. The van der Waals surface area contributed by atoms with E-state index < -0.39 is 15.9 Å². The van der Waals surface area contributed by atoms with Crippen LogP contribution in [-0.4, -0.2) is 74.3 Å². The number of ether oxygens (including phenoxy) is 1. The number of rotatable bonds is 9. The van der Waals surface area contributed by atoms with Crippen molar-refractivity contribution in [3.63, 3.8) is 0 Å². The van der Waals surface area contributed by atoms with Crippen molar-refractivity contribution in [1.82, 2.24) is 19.4 Å². The van der Waals surface area contributed by atoms with Crippen LogP contribution in [0.25, 0.3) is 0 Å². The number of piperazine rings is 1. The molecule has 0 radical (unpaired) electrons. The summed E-state index contributed by atoms with van der Waals surface area (Å²) in [6.45, 7) is 5.12. The van der Waals surface area contributed by atoms with Crippen LogP contribution in [0.1, 0.15) is 23.7 Å². The van der Waals surface area contributed by atoms with Gasteiger partial charge in [-0.25, -0.2) is 8.42 Å². The minimum absolute atomic E-state index is 0.0547. The Labute approximate surface area is 188 Å². The van der Waals surface area contributed by atoms with Gasteiger partial charge in [-0.15, -0.1) is 0 Å². The molecule has 1 aromatic carbocycles. The van der Waals surface area contributed by atoms with Gasteiger partial charge in [0.15, 0.2) is 0 Å². The molecule has 2 aromatic rings. The Hall–Kier alpha value is -2.14. The van der Waals surface area contributed by atoms with E-state index in [1.54, 1.807) is 7.05 Å². The first-order valence-corrected chi connectivity index (χ1v) is 12.0. The molecule has 11 heteroatoms. The van der Waals surface area contributed by atoms with E-state index in [4.69, 9.17) is 16.3 Å². The number of aryl methyl sites for hydroxylation is 1. The maximum Gasteiger partial charge on any atom is 0.263 e. The number of aromatic nitrogens is 2. The minimum atomic E-state index is -3.90. The second kappa shape index (κ2) is 10.4. The zero-order valence-corrected chi connectivity index (χ0v) is 19.3. The van der Waals surface area contributed by atoms with Crippen LogP contribution in [0, 0.1) is 0 Å². The zero-order chi connectivity index (χ0) is 22.4. The first kappa shape index (κ1) is 23.5. The summed E-state index contributed by atoms with van der Waals surface area (Å²) in [5.41, 5.74) is 1.05. The third kappa shape index (κ3) is 5.76. The van der Waals surface area contributed by atoms with E-state index in [0.29, 0.717) is 57.4 Å². The van der Waals surface area contributed by atoms with E-state index >= 15 is 0 Å². The predicted molar refractivity (Wildman–Crippen MR) is 119 cm³/mol. The lowest BCUT2D eigenvalue weighted by atomic mass is 10.2. The summed E-state index contributed by atoms with van der Waals surface area (Å²) < 4.78 is 34.5. The van der Waals surface area contributed by atoms with Crippen molar-refractivity contribution in [2.45, 2.75) is 18.4 Å². The molecule has 1 aliphatic heterocycles.